The van der Waals surface area contributed by atoms with Crippen LogP contribution in [-0.4, -0.2) is 10.7 Å². The van der Waals surface area contributed by atoms with Crippen molar-refractivity contribution in [1.29, 1.82) is 0 Å². The number of benzene rings is 2. The normalized spacial score (nSPS) is 10.7. The Morgan fingerprint density at radius 3 is 1.57 bits per heavy atom. The number of halogens is 4. The Morgan fingerprint density at radius 1 is 0.762 bits per heavy atom. The molecule has 0 aromatic heterocycles. The molecule has 0 aliphatic rings. The molecule has 0 amide bonds. The minimum absolute atomic E-state index is 0.718. The predicted octanol–water partition coefficient (Wildman–Crippen LogP) is 6.66. The van der Waals surface area contributed by atoms with E-state index in [1.807, 2.05) is 36.4 Å². The van der Waals surface area contributed by atoms with Gasteiger partial charge in [0.25, 0.3) is 0 Å². The smallest absolute Gasteiger partial charge is 0.130 e. The Hall–Kier alpha value is -0.220. The van der Waals surface area contributed by atoms with Crippen LogP contribution < -0.4 is 4.74 Å². The molecular weight excluding hydrogens is 439 g/mol. The predicted molar refractivity (Wildman–Crippen MR) is 98.0 cm³/mol. The lowest BCUT2D eigenvalue weighted by atomic mass is 10.1. The molecule has 0 heterocycles. The van der Waals surface area contributed by atoms with Gasteiger partial charge in [0, 0.05) is 20.7 Å². The molecule has 2 aromatic carbocycles. The largest absolute Gasteiger partial charge is 0.457 e. The molecule has 0 bridgehead atoms. The average Bonchev–Trinajstić information content (AvgIpc) is 2.45. The van der Waals surface area contributed by atoms with Crippen molar-refractivity contribution >= 4 is 55.1 Å². The second-order valence-corrected chi connectivity index (χ2v) is 6.94. The van der Waals surface area contributed by atoms with Crippen LogP contribution >= 0.6 is 55.1 Å². The second kappa shape index (κ2) is 8.42. The molecule has 0 fully saturated rings. The first-order valence-electron chi connectivity index (χ1n) is 6.50. The summed E-state index contributed by atoms with van der Waals surface area (Å²) in [5.74, 6) is 1.66. The van der Waals surface area contributed by atoms with Crippen molar-refractivity contribution < 1.29 is 4.74 Å². The van der Waals surface area contributed by atoms with Gasteiger partial charge >= 0.3 is 0 Å². The zero-order valence-corrected chi connectivity index (χ0v) is 15.9. The summed E-state index contributed by atoms with van der Waals surface area (Å²) < 4.78 is 6.10. The molecular formula is C16H14Br2Cl2O. The van der Waals surface area contributed by atoms with Gasteiger partial charge in [-0.2, -0.15) is 0 Å². The Morgan fingerprint density at radius 2 is 1.19 bits per heavy atom. The molecule has 0 atom stereocenters. The Balaban J connectivity index is 2.33. The standard InChI is InChI=1S/C16H14Br2Cl2O/c17-7-5-11-9-13(19)1-3-15(11)21-16-4-2-14(20)10-12(16)6-8-18/h1-4,9-10H,5-8H2. The van der Waals surface area contributed by atoms with Crippen molar-refractivity contribution in [3.63, 3.8) is 0 Å². The molecule has 2 aromatic rings. The lowest BCUT2D eigenvalue weighted by Crippen LogP contribution is -1.97. The third-order valence-corrected chi connectivity index (χ3v) is 4.26. The highest BCUT2D eigenvalue weighted by Gasteiger charge is 2.10. The number of aryl methyl sites for hydroxylation is 2. The summed E-state index contributed by atoms with van der Waals surface area (Å²) in [5.41, 5.74) is 2.17. The monoisotopic (exact) mass is 450 g/mol. The molecule has 21 heavy (non-hydrogen) atoms. The summed E-state index contributed by atoms with van der Waals surface area (Å²) in [6.07, 6.45) is 1.72. The van der Waals surface area contributed by atoms with Crippen molar-refractivity contribution in [3.05, 3.63) is 57.6 Å². The second-order valence-electron chi connectivity index (χ2n) is 4.48. The highest BCUT2D eigenvalue weighted by Crippen LogP contribution is 2.32. The van der Waals surface area contributed by atoms with Crippen LogP contribution in [0, 0.1) is 0 Å². The van der Waals surface area contributed by atoms with Crippen molar-refractivity contribution in [2.75, 3.05) is 10.7 Å². The summed E-state index contributed by atoms with van der Waals surface area (Å²) >= 11 is 19.0. The summed E-state index contributed by atoms with van der Waals surface area (Å²) in [6, 6.07) is 11.4. The lowest BCUT2D eigenvalue weighted by Gasteiger charge is -2.14. The summed E-state index contributed by atoms with van der Waals surface area (Å²) in [7, 11) is 0. The zero-order chi connectivity index (χ0) is 15.2. The number of hydrogen-bond acceptors (Lipinski definition) is 1. The molecule has 5 heteroatoms. The average molecular weight is 453 g/mol. The van der Waals surface area contributed by atoms with E-state index in [9.17, 15) is 0 Å². The van der Waals surface area contributed by atoms with E-state index in [2.05, 4.69) is 31.9 Å². The molecule has 0 unspecified atom stereocenters. The summed E-state index contributed by atoms with van der Waals surface area (Å²) in [4.78, 5) is 0. The number of ether oxygens (including phenoxy) is 1. The molecule has 2 rings (SSSR count). The minimum atomic E-state index is 0.718. The van der Waals surface area contributed by atoms with Crippen LogP contribution in [0.2, 0.25) is 10.0 Å². The molecule has 0 spiro atoms. The quantitative estimate of drug-likeness (QED) is 0.445. The van der Waals surface area contributed by atoms with E-state index in [1.54, 1.807) is 0 Å². The zero-order valence-electron chi connectivity index (χ0n) is 11.2. The molecule has 0 saturated carbocycles. The van der Waals surface area contributed by atoms with Crippen molar-refractivity contribution in [2.24, 2.45) is 0 Å². The first-order valence-corrected chi connectivity index (χ1v) is 9.50. The number of rotatable bonds is 6. The SMILES string of the molecule is Clc1ccc(Oc2ccc(Cl)cc2CCBr)c(CCBr)c1. The fourth-order valence-corrected chi connectivity index (χ4v) is 3.25. The molecule has 0 aliphatic heterocycles. The number of hydrogen-bond donors (Lipinski definition) is 0. The van der Waals surface area contributed by atoms with Crippen molar-refractivity contribution in [3.8, 4) is 11.5 Å². The molecule has 0 radical (unpaired) electrons. The maximum absolute atomic E-state index is 6.10. The van der Waals surface area contributed by atoms with E-state index >= 15 is 0 Å². The maximum atomic E-state index is 6.10. The van der Waals surface area contributed by atoms with Crippen LogP contribution in [0.5, 0.6) is 11.5 Å². The third-order valence-electron chi connectivity index (χ3n) is 2.99. The third kappa shape index (κ3) is 4.88. The van der Waals surface area contributed by atoms with Crippen LogP contribution in [0.3, 0.4) is 0 Å². The van der Waals surface area contributed by atoms with Crippen LogP contribution in [-0.2, 0) is 12.8 Å². The Bertz CT molecular complexity index is 564. The van der Waals surface area contributed by atoms with E-state index < -0.39 is 0 Å². The summed E-state index contributed by atoms with van der Waals surface area (Å²) in [5, 5.41) is 3.15. The van der Waals surface area contributed by atoms with Gasteiger partial charge in [-0.1, -0.05) is 55.1 Å². The van der Waals surface area contributed by atoms with Crippen molar-refractivity contribution in [2.45, 2.75) is 12.8 Å². The van der Waals surface area contributed by atoms with Crippen molar-refractivity contribution in [1.82, 2.24) is 0 Å². The Labute approximate surface area is 151 Å². The van der Waals surface area contributed by atoms with Gasteiger partial charge in [0.15, 0.2) is 0 Å². The first kappa shape index (κ1) is 17.1. The van der Waals surface area contributed by atoms with Crippen LogP contribution in [0.15, 0.2) is 36.4 Å². The summed E-state index contributed by atoms with van der Waals surface area (Å²) in [6.45, 7) is 0. The van der Waals surface area contributed by atoms with Gasteiger partial charge in [0.2, 0.25) is 0 Å². The van der Waals surface area contributed by atoms with E-state index in [4.69, 9.17) is 27.9 Å². The van der Waals surface area contributed by atoms with Gasteiger partial charge in [-0.05, 0) is 60.4 Å². The van der Waals surface area contributed by atoms with E-state index in [1.165, 1.54) is 0 Å². The topological polar surface area (TPSA) is 9.23 Å². The molecule has 1 nitrogen and oxygen atoms in total. The number of alkyl halides is 2. The van der Waals surface area contributed by atoms with Gasteiger partial charge in [-0.3, -0.25) is 0 Å². The van der Waals surface area contributed by atoms with Crippen LogP contribution in [0.4, 0.5) is 0 Å². The van der Waals surface area contributed by atoms with E-state index in [0.717, 1.165) is 56.2 Å². The van der Waals surface area contributed by atoms with Gasteiger partial charge in [-0.25, -0.2) is 0 Å². The lowest BCUT2D eigenvalue weighted by molar-refractivity contribution is 0.471. The van der Waals surface area contributed by atoms with E-state index in [-0.39, 0.29) is 0 Å². The van der Waals surface area contributed by atoms with Gasteiger partial charge in [0.05, 0.1) is 0 Å². The van der Waals surface area contributed by atoms with E-state index in [0.29, 0.717) is 0 Å². The fourth-order valence-electron chi connectivity index (χ4n) is 2.01. The highest BCUT2D eigenvalue weighted by molar-refractivity contribution is 9.09. The maximum Gasteiger partial charge on any atom is 0.130 e. The first-order chi connectivity index (χ1) is 10.1. The van der Waals surface area contributed by atoms with Crippen LogP contribution in [0.1, 0.15) is 11.1 Å². The molecule has 0 saturated heterocycles. The van der Waals surface area contributed by atoms with Crippen LogP contribution in [0.25, 0.3) is 0 Å². The fraction of sp³-hybridized carbons (Fsp3) is 0.250. The highest BCUT2D eigenvalue weighted by atomic mass is 79.9. The Kier molecular flexibility index (Phi) is 6.87. The molecule has 112 valence electrons. The van der Waals surface area contributed by atoms with Gasteiger partial charge < -0.3 is 4.74 Å². The molecule has 0 N–H and O–H groups in total. The van der Waals surface area contributed by atoms with Gasteiger partial charge in [-0.15, -0.1) is 0 Å². The molecule has 0 aliphatic carbocycles. The van der Waals surface area contributed by atoms with Gasteiger partial charge in [0.1, 0.15) is 11.5 Å². The minimum Gasteiger partial charge on any atom is -0.457 e.